The van der Waals surface area contributed by atoms with Crippen LogP contribution in [0.4, 0.5) is 8.78 Å². The topological polar surface area (TPSA) is 26.0 Å². The van der Waals surface area contributed by atoms with Crippen molar-refractivity contribution in [2.45, 2.75) is 6.04 Å². The Labute approximate surface area is 140 Å². The minimum absolute atomic E-state index is 0.0879. The standard InChI is InChI=1S/C13H8Br2F2IN/c14-6-1-2-12(18)8(3-6)13(19)7-4-11(17)9(15)5-10(7)16/h1-5,13H,19H2. The van der Waals surface area contributed by atoms with Crippen molar-refractivity contribution >= 4 is 54.5 Å². The average Bonchev–Trinajstić information content (AvgIpc) is 2.36. The molecular formula is C13H8Br2F2IN. The summed E-state index contributed by atoms with van der Waals surface area (Å²) in [6.07, 6.45) is 0. The second-order valence-corrected chi connectivity index (χ2v) is 6.86. The van der Waals surface area contributed by atoms with E-state index < -0.39 is 17.7 Å². The lowest BCUT2D eigenvalue weighted by Crippen LogP contribution is -2.15. The Kier molecular flexibility index (Phi) is 4.97. The van der Waals surface area contributed by atoms with Crippen LogP contribution in [0.25, 0.3) is 0 Å². The Bertz CT molecular complexity index is 634. The molecule has 0 saturated heterocycles. The molecule has 0 fully saturated rings. The zero-order valence-corrected chi connectivity index (χ0v) is 14.8. The van der Waals surface area contributed by atoms with Gasteiger partial charge in [0.25, 0.3) is 0 Å². The third kappa shape index (κ3) is 3.34. The maximum atomic E-state index is 13.9. The second-order valence-electron chi connectivity index (χ2n) is 3.93. The van der Waals surface area contributed by atoms with Crippen LogP contribution in [-0.2, 0) is 0 Å². The molecule has 100 valence electrons. The van der Waals surface area contributed by atoms with Gasteiger partial charge >= 0.3 is 0 Å². The van der Waals surface area contributed by atoms with E-state index >= 15 is 0 Å². The first-order valence-corrected chi connectivity index (χ1v) is 7.91. The quantitative estimate of drug-likeness (QED) is 0.446. The molecule has 0 amide bonds. The molecule has 0 radical (unpaired) electrons. The third-order valence-corrected chi connectivity index (χ3v) is 4.75. The summed E-state index contributed by atoms with van der Waals surface area (Å²) in [6, 6.07) is 7.05. The predicted octanol–water partition coefficient (Wildman–Crippen LogP) is 5.14. The number of nitrogens with two attached hydrogens (primary N) is 1. The number of benzene rings is 2. The summed E-state index contributed by atoms with van der Waals surface area (Å²) in [6.45, 7) is 0. The molecule has 1 atom stereocenters. The van der Waals surface area contributed by atoms with E-state index in [1.807, 2.05) is 18.2 Å². The van der Waals surface area contributed by atoms with Gasteiger partial charge in [0.2, 0.25) is 0 Å². The molecule has 2 aromatic carbocycles. The van der Waals surface area contributed by atoms with Crippen molar-refractivity contribution in [3.8, 4) is 0 Å². The second kappa shape index (κ2) is 6.15. The summed E-state index contributed by atoms with van der Waals surface area (Å²) in [5, 5.41) is 0. The maximum absolute atomic E-state index is 13.9. The van der Waals surface area contributed by atoms with Crippen LogP contribution in [0.2, 0.25) is 0 Å². The Morgan fingerprint density at radius 1 is 1.00 bits per heavy atom. The zero-order chi connectivity index (χ0) is 14.2. The number of halogens is 5. The van der Waals surface area contributed by atoms with E-state index in [4.69, 9.17) is 5.73 Å². The first-order chi connectivity index (χ1) is 8.90. The van der Waals surface area contributed by atoms with Gasteiger partial charge < -0.3 is 5.73 Å². The summed E-state index contributed by atoms with van der Waals surface area (Å²) in [7, 11) is 0. The van der Waals surface area contributed by atoms with Crippen LogP contribution in [0.3, 0.4) is 0 Å². The summed E-state index contributed by atoms with van der Waals surface area (Å²) >= 11 is 8.41. The minimum Gasteiger partial charge on any atom is -0.320 e. The minimum atomic E-state index is -0.716. The number of hydrogen-bond acceptors (Lipinski definition) is 1. The molecule has 0 aliphatic rings. The molecule has 0 aliphatic carbocycles. The molecule has 0 aliphatic heterocycles. The largest absolute Gasteiger partial charge is 0.320 e. The summed E-state index contributed by atoms with van der Waals surface area (Å²) in [5.74, 6) is -1.06. The van der Waals surface area contributed by atoms with Crippen molar-refractivity contribution in [3.05, 3.63) is 65.6 Å². The molecule has 0 bridgehead atoms. The highest BCUT2D eigenvalue weighted by Crippen LogP contribution is 2.30. The predicted molar refractivity (Wildman–Crippen MR) is 86.9 cm³/mol. The van der Waals surface area contributed by atoms with E-state index in [0.717, 1.165) is 25.7 Å². The van der Waals surface area contributed by atoms with Crippen LogP contribution in [0, 0.1) is 15.2 Å². The van der Waals surface area contributed by atoms with Gasteiger partial charge in [0.1, 0.15) is 11.6 Å². The lowest BCUT2D eigenvalue weighted by Gasteiger charge is -2.16. The highest BCUT2D eigenvalue weighted by molar-refractivity contribution is 14.1. The monoisotopic (exact) mass is 501 g/mol. The molecule has 6 heteroatoms. The van der Waals surface area contributed by atoms with Crippen LogP contribution in [-0.4, -0.2) is 0 Å². The van der Waals surface area contributed by atoms with Crippen LogP contribution in [0.1, 0.15) is 17.2 Å². The first-order valence-electron chi connectivity index (χ1n) is 5.25. The van der Waals surface area contributed by atoms with Crippen LogP contribution in [0.15, 0.2) is 39.3 Å². The number of hydrogen-bond donors (Lipinski definition) is 1. The van der Waals surface area contributed by atoms with E-state index in [1.54, 1.807) is 0 Å². The Morgan fingerprint density at radius 2 is 1.68 bits per heavy atom. The lowest BCUT2D eigenvalue weighted by molar-refractivity contribution is 0.572. The molecule has 0 spiro atoms. The van der Waals surface area contributed by atoms with Crippen molar-refractivity contribution in [3.63, 3.8) is 0 Å². The average molecular weight is 503 g/mol. The van der Waals surface area contributed by atoms with Gasteiger partial charge in [-0.1, -0.05) is 15.9 Å². The van der Waals surface area contributed by atoms with Crippen LogP contribution in [0.5, 0.6) is 0 Å². The smallest absolute Gasteiger partial charge is 0.137 e. The molecule has 0 aromatic heterocycles. The van der Waals surface area contributed by atoms with Crippen molar-refractivity contribution in [1.29, 1.82) is 0 Å². The maximum Gasteiger partial charge on any atom is 0.137 e. The lowest BCUT2D eigenvalue weighted by atomic mass is 9.99. The van der Waals surface area contributed by atoms with Crippen molar-refractivity contribution in [1.82, 2.24) is 0 Å². The van der Waals surface area contributed by atoms with Crippen molar-refractivity contribution in [2.75, 3.05) is 0 Å². The van der Waals surface area contributed by atoms with E-state index in [-0.39, 0.29) is 10.0 Å². The molecular weight excluding hydrogens is 495 g/mol. The highest BCUT2D eigenvalue weighted by atomic mass is 127. The summed E-state index contributed by atoms with van der Waals surface area (Å²) < 4.78 is 29.3. The molecule has 2 rings (SSSR count). The SMILES string of the molecule is NC(c1cc(F)c(Br)cc1F)c1cc(Br)ccc1I. The van der Waals surface area contributed by atoms with Gasteiger partial charge in [-0.05, 0) is 74.4 Å². The van der Waals surface area contributed by atoms with Gasteiger partial charge in [0.05, 0.1) is 10.5 Å². The molecule has 1 nitrogen and oxygen atoms in total. The fraction of sp³-hybridized carbons (Fsp3) is 0.0769. The van der Waals surface area contributed by atoms with Crippen molar-refractivity contribution in [2.24, 2.45) is 5.73 Å². The molecule has 2 N–H and O–H groups in total. The van der Waals surface area contributed by atoms with Crippen LogP contribution >= 0.6 is 54.5 Å². The van der Waals surface area contributed by atoms with Crippen molar-refractivity contribution < 1.29 is 8.78 Å². The molecule has 0 heterocycles. The molecule has 0 saturated carbocycles. The van der Waals surface area contributed by atoms with Gasteiger partial charge in [0, 0.05) is 13.6 Å². The normalized spacial score (nSPS) is 12.5. The van der Waals surface area contributed by atoms with Gasteiger partial charge in [-0.15, -0.1) is 0 Å². The van der Waals surface area contributed by atoms with E-state index in [9.17, 15) is 8.78 Å². The van der Waals surface area contributed by atoms with Gasteiger partial charge in [-0.25, -0.2) is 8.78 Å². The molecule has 1 unspecified atom stereocenters. The van der Waals surface area contributed by atoms with Gasteiger partial charge in [0.15, 0.2) is 0 Å². The fourth-order valence-corrected chi connectivity index (χ4v) is 3.06. The molecule has 2 aromatic rings. The highest BCUT2D eigenvalue weighted by Gasteiger charge is 2.18. The van der Waals surface area contributed by atoms with E-state index in [0.29, 0.717) is 0 Å². The summed E-state index contributed by atoms with van der Waals surface area (Å²) in [4.78, 5) is 0. The third-order valence-electron chi connectivity index (χ3n) is 2.67. The Balaban J connectivity index is 2.52. The first kappa shape index (κ1) is 15.3. The molecule has 19 heavy (non-hydrogen) atoms. The number of rotatable bonds is 2. The van der Waals surface area contributed by atoms with E-state index in [1.165, 1.54) is 0 Å². The van der Waals surface area contributed by atoms with E-state index in [2.05, 4.69) is 54.5 Å². The Morgan fingerprint density at radius 3 is 2.37 bits per heavy atom. The fourth-order valence-electron chi connectivity index (χ4n) is 1.70. The zero-order valence-electron chi connectivity index (χ0n) is 9.43. The Hall–Kier alpha value is -0.0500. The van der Waals surface area contributed by atoms with Gasteiger partial charge in [-0.3, -0.25) is 0 Å². The van der Waals surface area contributed by atoms with Crippen LogP contribution < -0.4 is 5.73 Å². The van der Waals surface area contributed by atoms with Gasteiger partial charge in [-0.2, -0.15) is 0 Å². The summed E-state index contributed by atoms with van der Waals surface area (Å²) in [5.41, 5.74) is 6.94.